The molecule has 0 saturated heterocycles. The van der Waals surface area contributed by atoms with Crippen LogP contribution in [0, 0.1) is 23.5 Å². The Morgan fingerprint density at radius 2 is 1.66 bits per heavy atom. The van der Waals surface area contributed by atoms with Crippen molar-refractivity contribution in [2.75, 3.05) is 0 Å². The monoisotopic (exact) mass is 428 g/mol. The Balaban J connectivity index is 1.98. The maximum absolute atomic E-state index is 13.7. The summed E-state index contributed by atoms with van der Waals surface area (Å²) >= 11 is 0. The van der Waals surface area contributed by atoms with Gasteiger partial charge in [-0.15, -0.1) is 19.8 Å². The molecule has 1 atom stereocenters. The number of benzene rings is 1. The largest absolute Gasteiger partial charge is 0.573 e. The maximum Gasteiger partial charge on any atom is 0.573 e. The van der Waals surface area contributed by atoms with Gasteiger partial charge in [0.05, 0.1) is 6.61 Å². The predicted molar refractivity (Wildman–Crippen MR) is 92.5 cm³/mol. The van der Waals surface area contributed by atoms with Gasteiger partial charge >= 0.3 is 6.36 Å². The molecule has 0 heterocycles. The minimum Gasteiger partial charge on any atom is -0.399 e. The fourth-order valence-corrected chi connectivity index (χ4v) is 3.67. The van der Waals surface area contributed by atoms with Gasteiger partial charge in [-0.3, -0.25) is 0 Å². The molecule has 0 aliphatic heterocycles. The number of halogens is 7. The van der Waals surface area contributed by atoms with Gasteiger partial charge in [-0.25, -0.2) is 17.6 Å². The van der Waals surface area contributed by atoms with Crippen LogP contribution in [0.5, 0.6) is 5.75 Å². The van der Waals surface area contributed by atoms with Crippen molar-refractivity contribution in [2.45, 2.75) is 64.0 Å². The highest BCUT2D eigenvalue weighted by atomic mass is 19.4. The molecule has 0 aromatic heterocycles. The molecule has 9 heteroatoms. The maximum atomic E-state index is 13.7. The third-order valence-electron chi connectivity index (χ3n) is 5.10. The van der Waals surface area contributed by atoms with Gasteiger partial charge < -0.3 is 9.47 Å². The van der Waals surface area contributed by atoms with Crippen LogP contribution in [0.1, 0.15) is 44.1 Å². The van der Waals surface area contributed by atoms with E-state index in [4.69, 9.17) is 4.74 Å². The van der Waals surface area contributed by atoms with Crippen LogP contribution >= 0.6 is 0 Å². The van der Waals surface area contributed by atoms with E-state index in [0.29, 0.717) is 30.9 Å². The quantitative estimate of drug-likeness (QED) is 0.319. The normalized spacial score (nSPS) is 21.2. The summed E-state index contributed by atoms with van der Waals surface area (Å²) < 4.78 is 99.5. The number of hydrogen-bond donors (Lipinski definition) is 0. The zero-order valence-electron chi connectivity index (χ0n) is 15.7. The fraction of sp³-hybridized carbons (Fsp3) is 0.600. The highest BCUT2D eigenvalue weighted by Crippen LogP contribution is 2.36. The van der Waals surface area contributed by atoms with Crippen molar-refractivity contribution in [3.05, 3.63) is 42.0 Å². The van der Waals surface area contributed by atoms with E-state index in [-0.39, 0.29) is 5.56 Å². The Labute approximate surface area is 164 Å². The van der Waals surface area contributed by atoms with Crippen LogP contribution in [0.15, 0.2) is 24.8 Å². The highest BCUT2D eigenvalue weighted by molar-refractivity contribution is 5.31. The lowest BCUT2D eigenvalue weighted by molar-refractivity contribution is -0.276. The van der Waals surface area contributed by atoms with Crippen molar-refractivity contribution < 1.29 is 40.2 Å². The third-order valence-corrected chi connectivity index (χ3v) is 5.10. The zero-order chi connectivity index (χ0) is 21.6. The molecule has 1 aromatic rings. The first-order valence-electron chi connectivity index (χ1n) is 9.35. The van der Waals surface area contributed by atoms with Crippen LogP contribution in [0.4, 0.5) is 30.7 Å². The van der Waals surface area contributed by atoms with Crippen molar-refractivity contribution >= 4 is 0 Å². The van der Waals surface area contributed by atoms with Gasteiger partial charge in [0.2, 0.25) is 5.75 Å². The van der Waals surface area contributed by atoms with Gasteiger partial charge in [0.15, 0.2) is 11.6 Å². The second-order valence-electron chi connectivity index (χ2n) is 7.19. The summed E-state index contributed by atoms with van der Waals surface area (Å²) in [7, 11) is 0. The highest BCUT2D eigenvalue weighted by Gasteiger charge is 2.35. The lowest BCUT2D eigenvalue weighted by Crippen LogP contribution is -2.34. The molecule has 1 aromatic carbocycles. The molecule has 0 amide bonds. The topological polar surface area (TPSA) is 18.5 Å². The number of ether oxygens (including phenoxy) is 2. The van der Waals surface area contributed by atoms with Crippen molar-refractivity contribution in [2.24, 2.45) is 11.8 Å². The van der Waals surface area contributed by atoms with Crippen LogP contribution in [0.3, 0.4) is 0 Å². The summed E-state index contributed by atoms with van der Waals surface area (Å²) in [5.41, 5.74) is -0.195. The van der Waals surface area contributed by atoms with E-state index < -0.39 is 48.8 Å². The summed E-state index contributed by atoms with van der Waals surface area (Å²) in [5.74, 6) is -4.71. The Kier molecular flexibility index (Phi) is 8.36. The van der Waals surface area contributed by atoms with E-state index in [0.717, 1.165) is 25.7 Å². The Bertz CT molecular complexity index is 644. The molecule has 2 rings (SSSR count). The first-order chi connectivity index (χ1) is 13.6. The summed E-state index contributed by atoms with van der Waals surface area (Å²) in [4.78, 5) is 0. The molecule has 29 heavy (non-hydrogen) atoms. The van der Waals surface area contributed by atoms with E-state index in [1.54, 1.807) is 0 Å². The molecule has 1 fully saturated rings. The molecule has 0 spiro atoms. The minimum absolute atomic E-state index is 0.195. The van der Waals surface area contributed by atoms with Gasteiger partial charge in [-0.05, 0) is 55.2 Å². The van der Waals surface area contributed by atoms with Crippen LogP contribution in [0.2, 0.25) is 0 Å². The van der Waals surface area contributed by atoms with E-state index in [2.05, 4.69) is 11.3 Å². The van der Waals surface area contributed by atoms with Crippen LogP contribution in [-0.2, 0) is 11.3 Å². The Morgan fingerprint density at radius 1 is 1.07 bits per heavy atom. The number of allylic oxidation sites excluding steroid dienone is 1. The van der Waals surface area contributed by atoms with Gasteiger partial charge in [0, 0.05) is 0 Å². The minimum atomic E-state index is -5.26. The fourth-order valence-electron chi connectivity index (χ4n) is 3.67. The molecule has 0 radical (unpaired) electrons. The number of hydrogen-bond acceptors (Lipinski definition) is 2. The average molecular weight is 428 g/mol. The molecule has 1 aliphatic rings. The van der Waals surface area contributed by atoms with Gasteiger partial charge in [0.1, 0.15) is 6.10 Å². The Hall–Kier alpha value is -1.77. The van der Waals surface area contributed by atoms with Crippen molar-refractivity contribution in [1.29, 1.82) is 0 Å². The molecular formula is C20H23F7O2. The molecule has 164 valence electrons. The lowest BCUT2D eigenvalue weighted by Gasteiger charge is -2.33. The number of rotatable bonds is 9. The van der Waals surface area contributed by atoms with E-state index in [1.807, 2.05) is 6.08 Å². The van der Waals surface area contributed by atoms with Gasteiger partial charge in [0.25, 0.3) is 6.43 Å². The summed E-state index contributed by atoms with van der Waals surface area (Å²) in [6, 6.07) is 1.16. The van der Waals surface area contributed by atoms with Crippen molar-refractivity contribution in [3.8, 4) is 5.75 Å². The summed E-state index contributed by atoms with van der Waals surface area (Å²) in [5, 5.41) is 0. The molecular weight excluding hydrogens is 405 g/mol. The first-order valence-corrected chi connectivity index (χ1v) is 9.35. The summed E-state index contributed by atoms with van der Waals surface area (Å²) in [6.45, 7) is 3.11. The van der Waals surface area contributed by atoms with Gasteiger partial charge in [-0.1, -0.05) is 18.9 Å². The van der Waals surface area contributed by atoms with Gasteiger partial charge in [-0.2, -0.15) is 0 Å². The van der Waals surface area contributed by atoms with Crippen molar-refractivity contribution in [1.82, 2.24) is 0 Å². The lowest BCUT2D eigenvalue weighted by atomic mass is 9.77. The zero-order valence-corrected chi connectivity index (χ0v) is 15.7. The SMILES string of the molecule is C=CCCC1CCC(C(OCc2cc(F)c(OC(F)(F)F)c(F)c2)C(F)F)CC1. The second kappa shape index (κ2) is 10.3. The molecule has 0 N–H and O–H groups in total. The molecule has 0 bridgehead atoms. The predicted octanol–water partition coefficient (Wildman–Crippen LogP) is 6.79. The number of alkyl halides is 5. The smallest absolute Gasteiger partial charge is 0.399 e. The van der Waals surface area contributed by atoms with Crippen LogP contribution < -0.4 is 4.74 Å². The molecule has 1 unspecified atom stereocenters. The Morgan fingerprint density at radius 3 is 2.14 bits per heavy atom. The first kappa shape index (κ1) is 23.5. The summed E-state index contributed by atoms with van der Waals surface area (Å²) in [6.07, 6.45) is -3.12. The molecule has 2 nitrogen and oxygen atoms in total. The third kappa shape index (κ3) is 7.21. The van der Waals surface area contributed by atoms with E-state index in [1.165, 1.54) is 0 Å². The van der Waals surface area contributed by atoms with Crippen LogP contribution in [0.25, 0.3) is 0 Å². The van der Waals surface area contributed by atoms with E-state index in [9.17, 15) is 30.7 Å². The average Bonchev–Trinajstić information content (AvgIpc) is 2.63. The van der Waals surface area contributed by atoms with Crippen LogP contribution in [-0.4, -0.2) is 18.9 Å². The second-order valence-corrected chi connectivity index (χ2v) is 7.19. The van der Waals surface area contributed by atoms with E-state index >= 15 is 0 Å². The van der Waals surface area contributed by atoms with Crippen molar-refractivity contribution in [3.63, 3.8) is 0 Å². The standard InChI is InChI=1S/C20H23F7O2/c1-2-3-4-12-5-7-14(8-6-12)17(19(23)24)28-11-13-9-15(21)18(16(22)10-13)29-20(25,26)27/h2,9-10,12,14,17,19H,1,3-8,11H2. The molecule has 1 saturated carbocycles. The molecule has 1 aliphatic carbocycles.